The Morgan fingerprint density at radius 3 is 2.78 bits per heavy atom. The molecule has 1 unspecified atom stereocenters. The molecule has 1 aromatic rings. The van der Waals surface area contributed by atoms with Crippen LogP contribution in [0.4, 0.5) is 0 Å². The summed E-state index contributed by atoms with van der Waals surface area (Å²) in [5.74, 6) is 0.735. The lowest BCUT2D eigenvalue weighted by Crippen LogP contribution is -2.42. The van der Waals surface area contributed by atoms with Crippen molar-refractivity contribution >= 4 is 0 Å². The molecule has 1 saturated heterocycles. The van der Waals surface area contributed by atoms with Gasteiger partial charge in [0.25, 0.3) is 0 Å². The summed E-state index contributed by atoms with van der Waals surface area (Å²) in [6.07, 6.45) is -0.484. The molecule has 99 valence electrons. The molecule has 1 radical (unpaired) electrons. The zero-order valence-electron chi connectivity index (χ0n) is 10.5. The average molecular weight is 250 g/mol. The van der Waals surface area contributed by atoms with Gasteiger partial charge in [-0.15, -0.1) is 0 Å². The van der Waals surface area contributed by atoms with Crippen LogP contribution in [0.25, 0.3) is 0 Å². The Labute approximate surface area is 108 Å². The van der Waals surface area contributed by atoms with E-state index in [1.165, 1.54) is 0 Å². The van der Waals surface area contributed by atoms with E-state index in [0.717, 1.165) is 37.6 Å². The summed E-state index contributed by atoms with van der Waals surface area (Å²) in [5.41, 5.74) is 0.844. The van der Waals surface area contributed by atoms with Crippen LogP contribution in [0.1, 0.15) is 5.56 Å². The number of hydrogen-bond donors (Lipinski definition) is 1. The Hall–Kier alpha value is -1.10. The monoisotopic (exact) mass is 250 g/mol. The standard InChI is InChI=1S/C14H20NO3/c1-12-4-2-3-5-14(12)18-11-13(16)10-15-6-8-17-9-7-15/h2-5,13,16H,1,6-11H2. The van der Waals surface area contributed by atoms with Gasteiger partial charge in [-0.25, -0.2) is 0 Å². The van der Waals surface area contributed by atoms with Gasteiger partial charge in [-0.2, -0.15) is 0 Å². The van der Waals surface area contributed by atoms with E-state index in [9.17, 15) is 5.11 Å². The molecular weight excluding hydrogens is 230 g/mol. The second-order valence-electron chi connectivity index (χ2n) is 4.49. The van der Waals surface area contributed by atoms with Gasteiger partial charge < -0.3 is 14.6 Å². The molecule has 2 rings (SSSR count). The Bertz CT molecular complexity index is 364. The van der Waals surface area contributed by atoms with Crippen LogP contribution < -0.4 is 4.74 Å². The van der Waals surface area contributed by atoms with Crippen LogP contribution in [-0.2, 0) is 4.74 Å². The third kappa shape index (κ3) is 3.98. The molecule has 4 heteroatoms. The number of ether oxygens (including phenoxy) is 2. The predicted octanol–water partition coefficient (Wildman–Crippen LogP) is 0.941. The number of rotatable bonds is 5. The molecular formula is C14H20NO3. The minimum atomic E-state index is -0.484. The summed E-state index contributed by atoms with van der Waals surface area (Å²) in [5, 5.41) is 9.93. The van der Waals surface area contributed by atoms with Crippen LogP contribution in [0.2, 0.25) is 0 Å². The van der Waals surface area contributed by atoms with Crippen LogP contribution in [0.3, 0.4) is 0 Å². The van der Waals surface area contributed by atoms with Crippen LogP contribution in [-0.4, -0.2) is 55.6 Å². The molecule has 0 aromatic heterocycles. The number of morpholine rings is 1. The molecule has 0 spiro atoms. The van der Waals surface area contributed by atoms with Crippen molar-refractivity contribution in [3.8, 4) is 5.75 Å². The van der Waals surface area contributed by atoms with Gasteiger partial charge in [-0.3, -0.25) is 4.90 Å². The summed E-state index contributed by atoms with van der Waals surface area (Å²) in [7, 11) is 0. The van der Waals surface area contributed by atoms with Crippen molar-refractivity contribution < 1.29 is 14.6 Å². The third-order valence-electron chi connectivity index (χ3n) is 2.98. The normalized spacial score (nSPS) is 18.6. The fourth-order valence-electron chi connectivity index (χ4n) is 1.97. The maximum atomic E-state index is 9.93. The number of aliphatic hydroxyl groups excluding tert-OH is 1. The number of nitrogens with zero attached hydrogens (tertiary/aromatic N) is 1. The summed E-state index contributed by atoms with van der Waals surface area (Å²) in [6, 6.07) is 7.57. The fourth-order valence-corrected chi connectivity index (χ4v) is 1.97. The molecule has 1 atom stereocenters. The maximum Gasteiger partial charge on any atom is 0.122 e. The lowest BCUT2D eigenvalue weighted by atomic mass is 10.2. The average Bonchev–Trinajstić information content (AvgIpc) is 2.39. The van der Waals surface area contributed by atoms with Gasteiger partial charge >= 0.3 is 0 Å². The minimum Gasteiger partial charge on any atom is -0.491 e. The Balaban J connectivity index is 1.74. The number of β-amino-alcohol motifs (C(OH)–C–C–N with tert-alkyl or cyclic N) is 1. The van der Waals surface area contributed by atoms with Gasteiger partial charge in [0.05, 0.1) is 13.2 Å². The van der Waals surface area contributed by atoms with Gasteiger partial charge in [-0.05, 0) is 18.6 Å². The molecule has 1 N–H and O–H groups in total. The van der Waals surface area contributed by atoms with E-state index in [-0.39, 0.29) is 0 Å². The highest BCUT2D eigenvalue weighted by atomic mass is 16.5. The number of aliphatic hydroxyl groups is 1. The first-order valence-electron chi connectivity index (χ1n) is 6.27. The van der Waals surface area contributed by atoms with E-state index in [0.29, 0.717) is 13.2 Å². The van der Waals surface area contributed by atoms with E-state index >= 15 is 0 Å². The van der Waals surface area contributed by atoms with E-state index in [4.69, 9.17) is 9.47 Å². The van der Waals surface area contributed by atoms with E-state index < -0.39 is 6.10 Å². The molecule has 0 amide bonds. The smallest absolute Gasteiger partial charge is 0.122 e. The Kier molecular flexibility index (Phi) is 4.99. The highest BCUT2D eigenvalue weighted by molar-refractivity contribution is 5.35. The lowest BCUT2D eigenvalue weighted by molar-refractivity contribution is 0.00462. The molecule has 1 fully saturated rings. The van der Waals surface area contributed by atoms with Crippen molar-refractivity contribution in [3.63, 3.8) is 0 Å². The van der Waals surface area contributed by atoms with Crippen LogP contribution in [0.15, 0.2) is 24.3 Å². The van der Waals surface area contributed by atoms with Crippen molar-refractivity contribution in [2.75, 3.05) is 39.5 Å². The van der Waals surface area contributed by atoms with Crippen molar-refractivity contribution in [1.29, 1.82) is 0 Å². The van der Waals surface area contributed by atoms with Crippen molar-refractivity contribution in [2.24, 2.45) is 0 Å². The van der Waals surface area contributed by atoms with Gasteiger partial charge in [-0.1, -0.05) is 18.2 Å². The molecule has 1 aromatic carbocycles. The SMILES string of the molecule is [CH2]c1ccccc1OCC(O)CN1CCOCC1. The van der Waals surface area contributed by atoms with Gasteiger partial charge in [0.15, 0.2) is 0 Å². The second kappa shape index (κ2) is 6.73. The number of para-hydroxylation sites is 1. The van der Waals surface area contributed by atoms with E-state index in [1.807, 2.05) is 24.3 Å². The molecule has 1 aliphatic heterocycles. The first-order valence-corrected chi connectivity index (χ1v) is 6.27. The second-order valence-corrected chi connectivity index (χ2v) is 4.49. The van der Waals surface area contributed by atoms with Gasteiger partial charge in [0.2, 0.25) is 0 Å². The molecule has 4 nitrogen and oxygen atoms in total. The van der Waals surface area contributed by atoms with Crippen LogP contribution >= 0.6 is 0 Å². The summed E-state index contributed by atoms with van der Waals surface area (Å²) < 4.78 is 10.8. The molecule has 0 bridgehead atoms. The van der Waals surface area contributed by atoms with Crippen molar-refractivity contribution in [1.82, 2.24) is 4.90 Å². The highest BCUT2D eigenvalue weighted by Crippen LogP contribution is 2.16. The topological polar surface area (TPSA) is 41.9 Å². The maximum absolute atomic E-state index is 9.93. The van der Waals surface area contributed by atoms with E-state index in [2.05, 4.69) is 11.8 Å². The van der Waals surface area contributed by atoms with Crippen molar-refractivity contribution in [3.05, 3.63) is 36.8 Å². The summed E-state index contributed by atoms with van der Waals surface area (Å²) in [6.45, 7) is 8.05. The molecule has 18 heavy (non-hydrogen) atoms. The first-order chi connectivity index (χ1) is 8.75. The minimum absolute atomic E-state index is 0.296. The fraction of sp³-hybridized carbons (Fsp3) is 0.500. The predicted molar refractivity (Wildman–Crippen MR) is 69.7 cm³/mol. The summed E-state index contributed by atoms with van der Waals surface area (Å²) >= 11 is 0. The quantitative estimate of drug-likeness (QED) is 0.844. The number of hydrogen-bond acceptors (Lipinski definition) is 4. The molecule has 0 aliphatic carbocycles. The zero-order chi connectivity index (χ0) is 12.8. The highest BCUT2D eigenvalue weighted by Gasteiger charge is 2.15. The van der Waals surface area contributed by atoms with Crippen LogP contribution in [0, 0.1) is 6.92 Å². The Morgan fingerprint density at radius 2 is 2.06 bits per heavy atom. The van der Waals surface area contributed by atoms with Gasteiger partial charge in [0.1, 0.15) is 18.5 Å². The number of benzene rings is 1. The molecule has 1 heterocycles. The molecule has 0 saturated carbocycles. The first kappa shape index (κ1) is 13.3. The summed E-state index contributed by atoms with van der Waals surface area (Å²) in [4.78, 5) is 2.19. The molecule has 1 aliphatic rings. The van der Waals surface area contributed by atoms with E-state index in [1.54, 1.807) is 0 Å². The van der Waals surface area contributed by atoms with Gasteiger partial charge in [0, 0.05) is 19.6 Å². The van der Waals surface area contributed by atoms with Crippen molar-refractivity contribution in [2.45, 2.75) is 6.10 Å². The lowest BCUT2D eigenvalue weighted by Gasteiger charge is -2.28. The zero-order valence-corrected chi connectivity index (χ0v) is 10.5. The largest absolute Gasteiger partial charge is 0.491 e. The van der Waals surface area contributed by atoms with Crippen LogP contribution in [0.5, 0.6) is 5.75 Å². The Morgan fingerprint density at radius 1 is 1.33 bits per heavy atom. The third-order valence-corrected chi connectivity index (χ3v) is 2.98.